The van der Waals surface area contributed by atoms with Crippen LogP contribution in [-0.4, -0.2) is 8.42 Å². The Balaban J connectivity index is 2.41. The van der Waals surface area contributed by atoms with Crippen LogP contribution >= 0.6 is 0 Å². The van der Waals surface area contributed by atoms with Crippen molar-refractivity contribution in [2.45, 2.75) is 38.5 Å². The van der Waals surface area contributed by atoms with Gasteiger partial charge in [-0.05, 0) is 44.5 Å². The van der Waals surface area contributed by atoms with Crippen molar-refractivity contribution in [1.82, 2.24) is 0 Å². The Kier molecular flexibility index (Phi) is 5.26. The second kappa shape index (κ2) is 7.01. The van der Waals surface area contributed by atoms with Crippen LogP contribution in [0.3, 0.4) is 0 Å². The normalized spacial score (nSPS) is 13.2. The minimum atomic E-state index is -3.59. The number of allylic oxidation sites excluding steroid dienone is 2. The molecule has 0 aromatic heterocycles. The summed E-state index contributed by atoms with van der Waals surface area (Å²) in [6.45, 7) is 7.95. The Morgan fingerprint density at radius 1 is 1.00 bits per heavy atom. The molecule has 3 nitrogen and oxygen atoms in total. The Morgan fingerprint density at radius 3 is 2.22 bits per heavy atom. The number of benzene rings is 2. The van der Waals surface area contributed by atoms with Gasteiger partial charge in [-0.3, -0.25) is 4.72 Å². The van der Waals surface area contributed by atoms with E-state index in [-0.39, 0.29) is 10.8 Å². The van der Waals surface area contributed by atoms with E-state index in [0.717, 1.165) is 16.7 Å². The van der Waals surface area contributed by atoms with Crippen LogP contribution in [0.2, 0.25) is 0 Å². The maximum Gasteiger partial charge on any atom is 0.261 e. The van der Waals surface area contributed by atoms with Crippen molar-refractivity contribution in [3.8, 4) is 0 Å². The van der Waals surface area contributed by atoms with Crippen LogP contribution < -0.4 is 4.72 Å². The molecule has 1 N–H and O–H groups in total. The molecule has 2 rings (SSSR count). The molecule has 1 atom stereocenters. The Morgan fingerprint density at radius 2 is 1.61 bits per heavy atom. The van der Waals surface area contributed by atoms with E-state index >= 15 is 0 Å². The molecular weight excluding hydrogens is 306 g/mol. The van der Waals surface area contributed by atoms with E-state index < -0.39 is 10.0 Å². The number of hydrogen-bond acceptors (Lipinski definition) is 2. The first-order valence-electron chi connectivity index (χ1n) is 7.66. The Labute approximate surface area is 139 Å². The fraction of sp³-hybridized carbons (Fsp3) is 0.263. The van der Waals surface area contributed by atoms with E-state index in [4.69, 9.17) is 0 Å². The molecule has 0 saturated heterocycles. The SMILES string of the molecule is C/C=C/C(C)c1cc(C)ccc1NS(=O)(=O)c1ccc(C)cc1. The van der Waals surface area contributed by atoms with E-state index in [9.17, 15) is 8.42 Å². The maximum absolute atomic E-state index is 12.6. The molecular formula is C19H23NO2S. The largest absolute Gasteiger partial charge is 0.279 e. The van der Waals surface area contributed by atoms with Crippen LogP contribution in [0.4, 0.5) is 5.69 Å². The van der Waals surface area contributed by atoms with E-state index in [1.54, 1.807) is 24.3 Å². The van der Waals surface area contributed by atoms with E-state index in [0.29, 0.717) is 5.69 Å². The second-order valence-electron chi connectivity index (χ2n) is 5.82. The van der Waals surface area contributed by atoms with Gasteiger partial charge in [-0.25, -0.2) is 8.42 Å². The zero-order chi connectivity index (χ0) is 17.0. The van der Waals surface area contributed by atoms with Crippen molar-refractivity contribution in [3.05, 3.63) is 71.3 Å². The van der Waals surface area contributed by atoms with Gasteiger partial charge in [0.25, 0.3) is 10.0 Å². The quantitative estimate of drug-likeness (QED) is 0.802. The highest BCUT2D eigenvalue weighted by Crippen LogP contribution is 2.28. The third-order valence-corrected chi connectivity index (χ3v) is 5.14. The summed E-state index contributed by atoms with van der Waals surface area (Å²) >= 11 is 0. The average Bonchev–Trinajstić information content (AvgIpc) is 2.49. The lowest BCUT2D eigenvalue weighted by atomic mass is 9.97. The standard InChI is InChI=1S/C19H23NO2S/c1-5-6-16(4)18-13-15(3)9-12-19(18)20-23(21,22)17-10-7-14(2)8-11-17/h5-13,16,20H,1-4H3/b6-5+. The summed E-state index contributed by atoms with van der Waals surface area (Å²) < 4.78 is 27.9. The highest BCUT2D eigenvalue weighted by atomic mass is 32.2. The zero-order valence-electron chi connectivity index (χ0n) is 14.0. The molecule has 23 heavy (non-hydrogen) atoms. The van der Waals surface area contributed by atoms with Gasteiger partial charge in [-0.1, -0.05) is 54.5 Å². The highest BCUT2D eigenvalue weighted by Gasteiger charge is 2.17. The topological polar surface area (TPSA) is 46.2 Å². The molecule has 0 heterocycles. The molecule has 0 aliphatic heterocycles. The molecule has 0 aliphatic carbocycles. The lowest BCUT2D eigenvalue weighted by molar-refractivity contribution is 0.601. The summed E-state index contributed by atoms with van der Waals surface area (Å²) in [6, 6.07) is 12.6. The molecule has 0 saturated carbocycles. The van der Waals surface area contributed by atoms with Crippen molar-refractivity contribution in [2.24, 2.45) is 0 Å². The van der Waals surface area contributed by atoms with Gasteiger partial charge in [0.1, 0.15) is 0 Å². The summed E-state index contributed by atoms with van der Waals surface area (Å²) in [5, 5.41) is 0. The molecule has 2 aromatic carbocycles. The Bertz CT molecular complexity index is 806. The van der Waals surface area contributed by atoms with Crippen molar-refractivity contribution in [2.75, 3.05) is 4.72 Å². The number of sulfonamides is 1. The molecule has 2 aromatic rings. The van der Waals surface area contributed by atoms with E-state index in [2.05, 4.69) is 17.7 Å². The monoisotopic (exact) mass is 329 g/mol. The van der Waals surface area contributed by atoms with E-state index in [1.165, 1.54) is 0 Å². The summed E-state index contributed by atoms with van der Waals surface area (Å²) in [7, 11) is -3.59. The van der Waals surface area contributed by atoms with Crippen LogP contribution in [0, 0.1) is 13.8 Å². The second-order valence-corrected chi connectivity index (χ2v) is 7.51. The lowest BCUT2D eigenvalue weighted by Gasteiger charge is -2.16. The van der Waals surface area contributed by atoms with E-state index in [1.807, 2.05) is 45.0 Å². The minimum absolute atomic E-state index is 0.135. The van der Waals surface area contributed by atoms with Gasteiger partial charge >= 0.3 is 0 Å². The highest BCUT2D eigenvalue weighted by molar-refractivity contribution is 7.92. The van der Waals surface area contributed by atoms with Gasteiger partial charge in [0.15, 0.2) is 0 Å². The summed E-state index contributed by atoms with van der Waals surface area (Å²) in [5.41, 5.74) is 3.73. The predicted octanol–water partition coefficient (Wildman–Crippen LogP) is 4.78. The van der Waals surface area contributed by atoms with Crippen molar-refractivity contribution in [1.29, 1.82) is 0 Å². The number of anilines is 1. The average molecular weight is 329 g/mol. The first-order valence-corrected chi connectivity index (χ1v) is 9.14. The molecule has 0 fully saturated rings. The molecule has 0 bridgehead atoms. The third-order valence-electron chi connectivity index (χ3n) is 3.75. The number of rotatable bonds is 5. The van der Waals surface area contributed by atoms with Crippen molar-refractivity contribution < 1.29 is 8.42 Å². The van der Waals surface area contributed by atoms with Gasteiger partial charge in [0.2, 0.25) is 0 Å². The van der Waals surface area contributed by atoms with Crippen LogP contribution in [0.5, 0.6) is 0 Å². The maximum atomic E-state index is 12.6. The molecule has 0 amide bonds. The third kappa shape index (κ3) is 4.23. The Hall–Kier alpha value is -2.07. The lowest BCUT2D eigenvalue weighted by Crippen LogP contribution is -2.14. The molecule has 0 radical (unpaired) electrons. The zero-order valence-corrected chi connectivity index (χ0v) is 14.8. The molecule has 0 aliphatic rings. The van der Waals surface area contributed by atoms with Crippen molar-refractivity contribution >= 4 is 15.7 Å². The molecule has 122 valence electrons. The van der Waals surface area contributed by atoms with Crippen LogP contribution in [0.25, 0.3) is 0 Å². The van der Waals surface area contributed by atoms with Crippen LogP contribution in [-0.2, 0) is 10.0 Å². The minimum Gasteiger partial charge on any atom is -0.279 e. The number of aryl methyl sites for hydroxylation is 2. The summed E-state index contributed by atoms with van der Waals surface area (Å²) in [5.74, 6) is 0.135. The molecule has 1 unspecified atom stereocenters. The van der Waals surface area contributed by atoms with Gasteiger partial charge in [0, 0.05) is 5.92 Å². The van der Waals surface area contributed by atoms with Gasteiger partial charge in [-0.2, -0.15) is 0 Å². The molecule has 0 spiro atoms. The van der Waals surface area contributed by atoms with Crippen molar-refractivity contribution in [3.63, 3.8) is 0 Å². The van der Waals surface area contributed by atoms with Crippen LogP contribution in [0.1, 0.15) is 36.5 Å². The molecule has 4 heteroatoms. The van der Waals surface area contributed by atoms with Gasteiger partial charge in [-0.15, -0.1) is 0 Å². The first-order chi connectivity index (χ1) is 10.8. The fourth-order valence-corrected chi connectivity index (χ4v) is 3.55. The predicted molar refractivity (Wildman–Crippen MR) is 96.4 cm³/mol. The summed E-state index contributed by atoms with van der Waals surface area (Å²) in [6.07, 6.45) is 4.03. The fourth-order valence-electron chi connectivity index (χ4n) is 2.47. The first kappa shape index (κ1) is 17.3. The summed E-state index contributed by atoms with van der Waals surface area (Å²) in [4.78, 5) is 0.272. The smallest absolute Gasteiger partial charge is 0.261 e. The number of hydrogen-bond donors (Lipinski definition) is 1. The number of nitrogens with one attached hydrogen (secondary N) is 1. The van der Waals surface area contributed by atoms with Crippen LogP contribution in [0.15, 0.2) is 59.5 Å². The van der Waals surface area contributed by atoms with Gasteiger partial charge < -0.3 is 0 Å². The van der Waals surface area contributed by atoms with Gasteiger partial charge in [0.05, 0.1) is 10.6 Å².